The average molecular weight is 479 g/mol. The molecule has 0 aliphatic carbocycles. The number of benzene rings is 2. The topological polar surface area (TPSA) is 63.7 Å². The van der Waals surface area contributed by atoms with Crippen molar-refractivity contribution in [3.05, 3.63) is 68.7 Å². The smallest absolute Gasteiger partial charge is 0.335 e. The number of carbonyl (C=O) groups is 1. The number of rotatable bonds is 5. The lowest BCUT2D eigenvalue weighted by atomic mass is 9.85. The van der Waals surface area contributed by atoms with Gasteiger partial charge in [0.2, 0.25) is 5.71 Å². The highest BCUT2D eigenvalue weighted by Gasteiger charge is 2.46. The van der Waals surface area contributed by atoms with E-state index < -0.39 is 5.97 Å². The van der Waals surface area contributed by atoms with Gasteiger partial charge in [-0.2, -0.15) is 0 Å². The van der Waals surface area contributed by atoms with E-state index in [2.05, 4.69) is 38.1 Å². The minimum Gasteiger partial charge on any atom is -0.478 e. The van der Waals surface area contributed by atoms with E-state index in [1.165, 1.54) is 5.56 Å². The Morgan fingerprint density at radius 2 is 1.86 bits per heavy atom. The van der Waals surface area contributed by atoms with E-state index in [1.807, 2.05) is 18.2 Å². The summed E-state index contributed by atoms with van der Waals surface area (Å²) in [5.74, 6) is -0.900. The van der Waals surface area contributed by atoms with E-state index >= 15 is 0 Å². The molecule has 0 aromatic heterocycles. The first-order valence-electron chi connectivity index (χ1n) is 9.70. The van der Waals surface area contributed by atoms with Crippen LogP contribution in [0.15, 0.2) is 46.9 Å². The first-order valence-corrected chi connectivity index (χ1v) is 10.9. The zero-order valence-corrected chi connectivity index (χ0v) is 18.3. The summed E-state index contributed by atoms with van der Waals surface area (Å²) in [6.45, 7) is 2.89. The largest absolute Gasteiger partial charge is 0.478 e. The van der Waals surface area contributed by atoms with Gasteiger partial charge >= 0.3 is 5.97 Å². The minimum absolute atomic E-state index is 0.132. The van der Waals surface area contributed by atoms with Crippen LogP contribution in [0.2, 0.25) is 5.02 Å². The molecule has 0 unspecified atom stereocenters. The van der Waals surface area contributed by atoms with E-state index in [1.54, 1.807) is 12.1 Å². The molecule has 2 heterocycles. The molecule has 0 amide bonds. The number of nitrogens with zero attached hydrogens (tertiary/aromatic N) is 1. The fourth-order valence-corrected chi connectivity index (χ4v) is 4.59. The molecule has 7 heteroatoms. The number of nitrogens with one attached hydrogen (secondary N) is 1. The highest BCUT2D eigenvalue weighted by atomic mass is 79.9. The van der Waals surface area contributed by atoms with Crippen molar-refractivity contribution < 1.29 is 19.9 Å². The number of carboxylic acid groups (broad SMARTS) is 1. The Kier molecular flexibility index (Phi) is 5.95. The minimum atomic E-state index is -0.900. The molecule has 5 nitrogen and oxygen atoms in total. The summed E-state index contributed by atoms with van der Waals surface area (Å²) in [5.41, 5.74) is 3.67. The SMILES string of the molecule is O=C(O)c1ccc(CC2=[NH+]OC3(CCN(Cc4ccc(Cl)c(Br)c4)CC3)C2)cc1. The molecule has 2 aliphatic heterocycles. The number of hydrogen-bond donors (Lipinski definition) is 2. The Balaban J connectivity index is 1.29. The van der Waals surface area contributed by atoms with Gasteiger partial charge in [0.15, 0.2) is 5.60 Å². The van der Waals surface area contributed by atoms with Crippen LogP contribution < -0.4 is 5.16 Å². The number of halogens is 2. The second-order valence-corrected chi connectivity index (χ2v) is 9.13. The summed E-state index contributed by atoms with van der Waals surface area (Å²) in [6, 6.07) is 13.1. The van der Waals surface area contributed by atoms with Crippen molar-refractivity contribution in [2.24, 2.45) is 0 Å². The summed E-state index contributed by atoms with van der Waals surface area (Å²) in [7, 11) is 0. The Hall–Kier alpha value is -1.89. The van der Waals surface area contributed by atoms with Crippen LogP contribution in [0.4, 0.5) is 0 Å². The van der Waals surface area contributed by atoms with Crippen molar-refractivity contribution in [1.82, 2.24) is 4.90 Å². The van der Waals surface area contributed by atoms with E-state index in [4.69, 9.17) is 21.5 Å². The van der Waals surface area contributed by atoms with Crippen LogP contribution in [0.3, 0.4) is 0 Å². The van der Waals surface area contributed by atoms with Crippen LogP contribution in [0.25, 0.3) is 0 Å². The van der Waals surface area contributed by atoms with Gasteiger partial charge in [0, 0.05) is 36.9 Å². The molecule has 0 bridgehead atoms. The van der Waals surface area contributed by atoms with Gasteiger partial charge in [-0.15, -0.1) is 0 Å². The number of likely N-dealkylation sites (tertiary alicyclic amines) is 1. The average Bonchev–Trinajstić information content (AvgIpc) is 3.09. The molecule has 4 rings (SSSR count). The molecule has 2 aliphatic rings. The van der Waals surface area contributed by atoms with Crippen molar-refractivity contribution >= 4 is 39.2 Å². The third-order valence-electron chi connectivity index (χ3n) is 5.72. The zero-order valence-electron chi connectivity index (χ0n) is 16.0. The van der Waals surface area contributed by atoms with Gasteiger partial charge in [0.05, 0.1) is 23.4 Å². The Morgan fingerprint density at radius 3 is 2.52 bits per heavy atom. The maximum absolute atomic E-state index is 11.0. The van der Waals surface area contributed by atoms with Gasteiger partial charge in [-0.05, 0) is 56.5 Å². The standard InChI is InChI=1S/C22H22BrClN2O3/c23-19-12-16(3-6-20(19)24)14-26-9-7-22(8-10-26)13-18(25-29-22)11-15-1-4-17(5-2-15)21(27)28/h1-6,12H,7-11,13-14H2,(H,27,28)/p+1. The van der Waals surface area contributed by atoms with Crippen molar-refractivity contribution in [2.75, 3.05) is 13.1 Å². The number of carboxylic acids is 1. The number of hydrogen-bond acceptors (Lipinski definition) is 3. The third-order valence-corrected chi connectivity index (χ3v) is 6.94. The summed E-state index contributed by atoms with van der Waals surface area (Å²) < 4.78 is 0.934. The van der Waals surface area contributed by atoms with Crippen molar-refractivity contribution in [3.63, 3.8) is 0 Å². The first kappa shape index (κ1) is 20.4. The number of piperidine rings is 1. The van der Waals surface area contributed by atoms with Crippen LogP contribution in [0.1, 0.15) is 40.7 Å². The molecule has 2 N–H and O–H groups in total. The van der Waals surface area contributed by atoms with E-state index in [0.717, 1.165) is 66.1 Å². The van der Waals surface area contributed by atoms with Gasteiger partial charge in [-0.3, -0.25) is 9.74 Å². The summed E-state index contributed by atoms with van der Waals surface area (Å²) >= 11 is 9.58. The predicted molar refractivity (Wildman–Crippen MR) is 115 cm³/mol. The molecule has 0 atom stereocenters. The lowest BCUT2D eigenvalue weighted by Crippen LogP contribution is -2.70. The molecule has 1 saturated heterocycles. The van der Waals surface area contributed by atoms with E-state index in [9.17, 15) is 4.79 Å². The summed E-state index contributed by atoms with van der Waals surface area (Å²) in [4.78, 5) is 19.5. The third kappa shape index (κ3) is 4.82. The Bertz CT molecular complexity index is 938. The molecule has 29 heavy (non-hydrogen) atoms. The normalized spacial score (nSPS) is 18.5. The molecule has 0 radical (unpaired) electrons. The van der Waals surface area contributed by atoms with Crippen molar-refractivity contribution in [2.45, 2.75) is 37.8 Å². The summed E-state index contributed by atoms with van der Waals surface area (Å²) in [5, 5.41) is 12.9. The van der Waals surface area contributed by atoms with Crippen molar-refractivity contribution in [3.8, 4) is 0 Å². The predicted octanol–water partition coefficient (Wildman–Crippen LogP) is 3.23. The number of aromatic carboxylic acids is 1. The lowest BCUT2D eigenvalue weighted by molar-refractivity contribution is -0.765. The van der Waals surface area contributed by atoms with Crippen LogP contribution >= 0.6 is 27.5 Å². The highest BCUT2D eigenvalue weighted by Crippen LogP contribution is 2.31. The van der Waals surface area contributed by atoms with E-state index in [0.29, 0.717) is 5.56 Å². The Morgan fingerprint density at radius 1 is 1.17 bits per heavy atom. The van der Waals surface area contributed by atoms with E-state index in [-0.39, 0.29) is 5.60 Å². The second-order valence-electron chi connectivity index (χ2n) is 7.87. The first-order chi connectivity index (χ1) is 13.9. The molecule has 2 aromatic carbocycles. The molecule has 152 valence electrons. The van der Waals surface area contributed by atoms with Gasteiger partial charge in [0.1, 0.15) is 0 Å². The van der Waals surface area contributed by atoms with Gasteiger partial charge < -0.3 is 5.11 Å². The van der Waals surface area contributed by atoms with Crippen molar-refractivity contribution in [1.29, 1.82) is 0 Å². The van der Waals surface area contributed by atoms with Gasteiger partial charge in [-0.25, -0.2) is 4.79 Å². The monoisotopic (exact) mass is 477 g/mol. The van der Waals surface area contributed by atoms with Gasteiger partial charge in [-0.1, -0.05) is 29.8 Å². The molecule has 0 saturated carbocycles. The van der Waals surface area contributed by atoms with Gasteiger partial charge in [0.25, 0.3) is 0 Å². The molecule has 1 fully saturated rings. The van der Waals surface area contributed by atoms with Crippen LogP contribution in [0.5, 0.6) is 0 Å². The zero-order chi connectivity index (χ0) is 20.4. The highest BCUT2D eigenvalue weighted by molar-refractivity contribution is 9.10. The maximum Gasteiger partial charge on any atom is 0.335 e. The summed E-state index contributed by atoms with van der Waals surface area (Å²) in [6.07, 6.45) is 3.62. The quantitative estimate of drug-likeness (QED) is 0.693. The molecule has 2 aromatic rings. The lowest BCUT2D eigenvalue weighted by Gasteiger charge is -2.35. The second kappa shape index (κ2) is 8.46. The fourth-order valence-electron chi connectivity index (χ4n) is 4.05. The van der Waals surface area contributed by atoms with Crippen LogP contribution in [0, 0.1) is 0 Å². The molecular weight excluding hydrogens is 456 g/mol. The Labute approximate surface area is 183 Å². The van der Waals surface area contributed by atoms with Crippen LogP contribution in [-0.2, 0) is 17.8 Å². The fraction of sp³-hybridized carbons (Fsp3) is 0.364. The molecule has 1 spiro atoms. The molecular formula is C22H23BrClN2O3+. The van der Waals surface area contributed by atoms with Crippen LogP contribution in [-0.4, -0.2) is 40.4 Å². The maximum atomic E-state index is 11.0.